The first-order valence-corrected chi connectivity index (χ1v) is 11.0. The van der Waals surface area contributed by atoms with Crippen LogP contribution in [-0.2, 0) is 4.79 Å². The Kier molecular flexibility index (Phi) is 7.85. The van der Waals surface area contributed by atoms with E-state index in [1.54, 1.807) is 0 Å². The highest BCUT2D eigenvalue weighted by atomic mass is 127. The molecule has 0 atom stereocenters. The van der Waals surface area contributed by atoms with Crippen molar-refractivity contribution in [2.75, 3.05) is 22.3 Å². The fourth-order valence-electron chi connectivity index (χ4n) is 2.27. The number of thioether (sulfide) groups is 1. The molecule has 3 rings (SSSR count). The number of carbonyl (C=O) groups excluding carboxylic acids is 1. The van der Waals surface area contributed by atoms with Crippen molar-refractivity contribution in [3.63, 3.8) is 0 Å². The molecule has 154 valence electrons. The molecule has 2 aromatic carbocycles. The number of hydrazone groups is 1. The number of carbonyl (C=O) groups is 1. The molecule has 0 aliphatic carbocycles. The van der Waals surface area contributed by atoms with Gasteiger partial charge in [0.05, 0.1) is 11.5 Å². The number of hydrogen-bond donors (Lipinski definition) is 3. The summed E-state index contributed by atoms with van der Waals surface area (Å²) < 4.78 is 2.37. The van der Waals surface area contributed by atoms with Crippen LogP contribution in [0.3, 0.4) is 0 Å². The molecular formula is C20H20IN7OS. The van der Waals surface area contributed by atoms with Crippen molar-refractivity contribution in [3.8, 4) is 0 Å². The molecule has 0 aliphatic rings. The lowest BCUT2D eigenvalue weighted by Crippen LogP contribution is -2.17. The zero-order chi connectivity index (χ0) is 21.3. The number of rotatable bonds is 8. The maximum atomic E-state index is 12.1. The highest BCUT2D eigenvalue weighted by molar-refractivity contribution is 14.1. The number of nitrogens with two attached hydrogens (primary N) is 1. The zero-order valence-electron chi connectivity index (χ0n) is 16.1. The SMILES string of the molecule is CC(/C=C/c1ccccc1)=N\Nc1nnc(SCC(=O)Nc2ccc(I)cc2)n1N. The summed E-state index contributed by atoms with van der Waals surface area (Å²) in [7, 11) is 0. The Labute approximate surface area is 192 Å². The average Bonchev–Trinajstić information content (AvgIpc) is 3.11. The van der Waals surface area contributed by atoms with Gasteiger partial charge in [-0.05, 0) is 65.4 Å². The molecule has 0 bridgehead atoms. The smallest absolute Gasteiger partial charge is 0.264 e. The van der Waals surface area contributed by atoms with E-state index in [0.29, 0.717) is 5.16 Å². The van der Waals surface area contributed by atoms with E-state index in [9.17, 15) is 4.79 Å². The van der Waals surface area contributed by atoms with Gasteiger partial charge in [0.1, 0.15) is 0 Å². The van der Waals surface area contributed by atoms with E-state index in [-0.39, 0.29) is 17.6 Å². The van der Waals surface area contributed by atoms with Gasteiger partial charge in [-0.15, -0.1) is 10.2 Å². The maximum absolute atomic E-state index is 12.1. The highest BCUT2D eigenvalue weighted by Gasteiger charge is 2.12. The van der Waals surface area contributed by atoms with Crippen molar-refractivity contribution < 1.29 is 4.79 Å². The van der Waals surface area contributed by atoms with Crippen LogP contribution in [-0.4, -0.2) is 32.2 Å². The minimum atomic E-state index is -0.154. The van der Waals surface area contributed by atoms with Crippen molar-refractivity contribution in [2.45, 2.75) is 12.1 Å². The van der Waals surface area contributed by atoms with Crippen molar-refractivity contribution >= 4 is 63.7 Å². The lowest BCUT2D eigenvalue weighted by Gasteiger charge is -2.05. The summed E-state index contributed by atoms with van der Waals surface area (Å²) in [5.74, 6) is 6.28. The third-order valence-corrected chi connectivity index (χ3v) is 5.44. The third-order valence-electron chi connectivity index (χ3n) is 3.77. The van der Waals surface area contributed by atoms with E-state index in [4.69, 9.17) is 5.84 Å². The molecule has 0 fully saturated rings. The first-order chi connectivity index (χ1) is 14.5. The van der Waals surface area contributed by atoms with Gasteiger partial charge in [0, 0.05) is 9.26 Å². The molecule has 3 aromatic rings. The number of nitrogens with zero attached hydrogens (tertiary/aromatic N) is 4. The Bertz CT molecular complexity index is 1050. The van der Waals surface area contributed by atoms with Crippen molar-refractivity contribution in [2.24, 2.45) is 5.10 Å². The molecule has 0 saturated carbocycles. The number of benzene rings is 2. The van der Waals surface area contributed by atoms with Crippen LogP contribution < -0.4 is 16.6 Å². The molecule has 1 aromatic heterocycles. The molecule has 1 amide bonds. The topological polar surface area (TPSA) is 110 Å². The summed E-state index contributed by atoms with van der Waals surface area (Å²) in [4.78, 5) is 12.1. The Morgan fingerprint density at radius 3 is 2.67 bits per heavy atom. The van der Waals surface area contributed by atoms with Gasteiger partial charge >= 0.3 is 0 Å². The number of allylic oxidation sites excluding steroid dienone is 1. The molecule has 0 aliphatic heterocycles. The Hall–Kier alpha value is -2.86. The van der Waals surface area contributed by atoms with E-state index in [1.165, 1.54) is 16.4 Å². The highest BCUT2D eigenvalue weighted by Crippen LogP contribution is 2.18. The summed E-state index contributed by atoms with van der Waals surface area (Å²) in [6.07, 6.45) is 3.84. The number of amides is 1. The second-order valence-electron chi connectivity index (χ2n) is 6.13. The summed E-state index contributed by atoms with van der Waals surface area (Å²) in [5.41, 5.74) is 5.35. The lowest BCUT2D eigenvalue weighted by atomic mass is 10.2. The number of nitrogen functional groups attached to an aromatic ring is 1. The van der Waals surface area contributed by atoms with Gasteiger partial charge in [-0.1, -0.05) is 48.2 Å². The minimum Gasteiger partial charge on any atom is -0.334 e. The lowest BCUT2D eigenvalue weighted by molar-refractivity contribution is -0.113. The number of nitrogens with one attached hydrogen (secondary N) is 2. The molecule has 0 spiro atoms. The number of anilines is 2. The van der Waals surface area contributed by atoms with E-state index in [2.05, 4.69) is 48.6 Å². The molecule has 4 N–H and O–H groups in total. The summed E-state index contributed by atoms with van der Waals surface area (Å²) in [6, 6.07) is 17.5. The predicted octanol–water partition coefficient (Wildman–Crippen LogP) is 3.83. The predicted molar refractivity (Wildman–Crippen MR) is 131 cm³/mol. The average molecular weight is 533 g/mol. The Morgan fingerprint density at radius 2 is 1.93 bits per heavy atom. The first-order valence-electron chi connectivity index (χ1n) is 8.93. The van der Waals surface area contributed by atoms with Gasteiger partial charge in [0.15, 0.2) is 0 Å². The van der Waals surface area contributed by atoms with E-state index < -0.39 is 0 Å². The normalized spacial score (nSPS) is 11.6. The van der Waals surface area contributed by atoms with E-state index in [0.717, 1.165) is 20.5 Å². The molecule has 0 saturated heterocycles. The Morgan fingerprint density at radius 1 is 1.20 bits per heavy atom. The quantitative estimate of drug-likeness (QED) is 0.134. The van der Waals surface area contributed by atoms with Gasteiger partial charge in [-0.25, -0.2) is 10.1 Å². The summed E-state index contributed by atoms with van der Waals surface area (Å²) in [6.45, 7) is 1.86. The zero-order valence-corrected chi connectivity index (χ0v) is 19.1. The van der Waals surface area contributed by atoms with Gasteiger partial charge < -0.3 is 11.2 Å². The van der Waals surface area contributed by atoms with Crippen molar-refractivity contribution in [1.29, 1.82) is 0 Å². The van der Waals surface area contributed by atoms with Gasteiger partial charge in [-0.3, -0.25) is 4.79 Å². The molecule has 8 nitrogen and oxygen atoms in total. The fraction of sp³-hybridized carbons (Fsp3) is 0.100. The van der Waals surface area contributed by atoms with Crippen LogP contribution >= 0.6 is 34.4 Å². The van der Waals surface area contributed by atoms with Crippen LogP contribution in [0.15, 0.2) is 70.9 Å². The largest absolute Gasteiger partial charge is 0.334 e. The first kappa shape index (κ1) is 21.8. The van der Waals surface area contributed by atoms with Crippen LogP contribution in [0.1, 0.15) is 12.5 Å². The fourth-order valence-corrected chi connectivity index (χ4v) is 3.28. The molecular weight excluding hydrogens is 513 g/mol. The van der Waals surface area contributed by atoms with Crippen molar-refractivity contribution in [3.05, 3.63) is 69.8 Å². The van der Waals surface area contributed by atoms with Crippen LogP contribution in [0.4, 0.5) is 11.6 Å². The van der Waals surface area contributed by atoms with E-state index >= 15 is 0 Å². The molecule has 0 radical (unpaired) electrons. The van der Waals surface area contributed by atoms with Gasteiger partial charge in [0.25, 0.3) is 5.95 Å². The summed E-state index contributed by atoms with van der Waals surface area (Å²) in [5, 5.41) is 15.4. The van der Waals surface area contributed by atoms with Crippen LogP contribution in [0.2, 0.25) is 0 Å². The molecule has 1 heterocycles. The van der Waals surface area contributed by atoms with Crippen LogP contribution in [0, 0.1) is 3.57 Å². The van der Waals surface area contributed by atoms with E-state index in [1.807, 2.05) is 73.7 Å². The van der Waals surface area contributed by atoms with Crippen molar-refractivity contribution in [1.82, 2.24) is 14.9 Å². The molecule has 10 heteroatoms. The van der Waals surface area contributed by atoms with Crippen LogP contribution in [0.25, 0.3) is 6.08 Å². The number of aromatic nitrogens is 3. The van der Waals surface area contributed by atoms with Gasteiger partial charge in [-0.2, -0.15) is 5.10 Å². The number of halogens is 1. The maximum Gasteiger partial charge on any atom is 0.264 e. The molecule has 30 heavy (non-hydrogen) atoms. The monoisotopic (exact) mass is 533 g/mol. The Balaban J connectivity index is 1.52. The number of hydrogen-bond acceptors (Lipinski definition) is 7. The second kappa shape index (κ2) is 10.8. The minimum absolute atomic E-state index is 0.154. The summed E-state index contributed by atoms with van der Waals surface area (Å²) >= 11 is 3.40. The standard InChI is InChI=1S/C20H20IN7OS/c1-14(7-8-15-5-3-2-4-6-15)24-25-19-26-27-20(28(19)22)30-13-18(29)23-17-11-9-16(21)10-12-17/h2-12H,13,22H2,1H3,(H,23,29)(H,25,26)/b8-7+,24-14+. The second-order valence-corrected chi connectivity index (χ2v) is 8.32. The molecule has 0 unspecified atom stereocenters. The third kappa shape index (κ3) is 6.59. The van der Waals surface area contributed by atoms with Crippen LogP contribution in [0.5, 0.6) is 0 Å². The van der Waals surface area contributed by atoms with Gasteiger partial charge in [0.2, 0.25) is 11.1 Å².